The fraction of sp³-hybridized carbons (Fsp3) is 0.452. The van der Waals surface area contributed by atoms with Crippen molar-refractivity contribution in [3.63, 3.8) is 0 Å². The van der Waals surface area contributed by atoms with Gasteiger partial charge in [-0.2, -0.15) is 13.2 Å². The molecule has 1 fully saturated rings. The van der Waals surface area contributed by atoms with Crippen LogP contribution in [-0.2, 0) is 23.9 Å². The van der Waals surface area contributed by atoms with Crippen molar-refractivity contribution < 1.29 is 47.0 Å². The number of hydrogen-bond donors (Lipinski definition) is 3. The highest BCUT2D eigenvalue weighted by atomic mass is 19.4. The van der Waals surface area contributed by atoms with Crippen LogP contribution in [0.15, 0.2) is 48.5 Å². The summed E-state index contributed by atoms with van der Waals surface area (Å²) >= 11 is 0. The number of carbonyl (C=O) groups excluding carboxylic acids is 4. The molecule has 0 spiro atoms. The highest BCUT2D eigenvalue weighted by Gasteiger charge is 2.48. The lowest BCUT2D eigenvalue weighted by molar-refractivity contribution is -0.186. The van der Waals surface area contributed by atoms with Crippen molar-refractivity contribution in [2.24, 2.45) is 5.92 Å². The number of alkyl halides is 3. The molecule has 13 heteroatoms. The van der Waals surface area contributed by atoms with Gasteiger partial charge in [-0.3, -0.25) is 19.2 Å². The molecule has 4 rings (SSSR count). The average Bonchev–Trinajstić information content (AvgIpc) is 3.58. The number of aliphatic carboxylic acids is 1. The SMILES string of the molecule is C[C@H](C[C@H](C)C(=O)O)NC(=O)[C@H](CC(=O)[C@@H]1CCCN1C(=O)C(F)(F)F)NC(=O)OCC1c2ccccc2-c2ccccc21. The Balaban J connectivity index is 1.47. The van der Waals surface area contributed by atoms with E-state index in [0.29, 0.717) is 4.90 Å². The third kappa shape index (κ3) is 7.37. The third-order valence-electron chi connectivity index (χ3n) is 8.00. The molecule has 44 heavy (non-hydrogen) atoms. The van der Waals surface area contributed by atoms with Crippen LogP contribution in [0.3, 0.4) is 0 Å². The van der Waals surface area contributed by atoms with Crippen LogP contribution in [0.4, 0.5) is 18.0 Å². The predicted octanol–water partition coefficient (Wildman–Crippen LogP) is 4.02. The van der Waals surface area contributed by atoms with E-state index in [2.05, 4.69) is 10.6 Å². The minimum absolute atomic E-state index is 0.0214. The van der Waals surface area contributed by atoms with Crippen LogP contribution < -0.4 is 10.6 Å². The van der Waals surface area contributed by atoms with Crippen molar-refractivity contribution >= 4 is 29.7 Å². The molecule has 3 amide bonds. The Kier molecular flexibility index (Phi) is 9.95. The number of fused-ring (bicyclic) bond motifs is 3. The Morgan fingerprint density at radius 2 is 1.57 bits per heavy atom. The number of nitrogens with zero attached hydrogens (tertiary/aromatic N) is 1. The van der Waals surface area contributed by atoms with Gasteiger partial charge in [0.25, 0.3) is 0 Å². The number of halogens is 3. The molecule has 4 atom stereocenters. The summed E-state index contributed by atoms with van der Waals surface area (Å²) in [5, 5.41) is 14.1. The summed E-state index contributed by atoms with van der Waals surface area (Å²) in [5.41, 5.74) is 3.89. The number of alkyl carbamates (subject to hydrolysis) is 1. The van der Waals surface area contributed by atoms with E-state index in [4.69, 9.17) is 4.74 Å². The van der Waals surface area contributed by atoms with Crippen LogP contribution in [0.5, 0.6) is 0 Å². The van der Waals surface area contributed by atoms with Crippen molar-refractivity contribution in [1.82, 2.24) is 15.5 Å². The zero-order chi connectivity index (χ0) is 32.2. The smallest absolute Gasteiger partial charge is 0.471 e. The van der Waals surface area contributed by atoms with Crippen molar-refractivity contribution in [2.45, 2.75) is 69.8 Å². The number of nitrogens with one attached hydrogen (secondary N) is 2. The topological polar surface area (TPSA) is 142 Å². The van der Waals surface area contributed by atoms with Crippen LogP contribution in [0.1, 0.15) is 56.6 Å². The van der Waals surface area contributed by atoms with E-state index in [-0.39, 0.29) is 38.3 Å². The first-order chi connectivity index (χ1) is 20.8. The number of carboxylic acid groups (broad SMARTS) is 1. The Morgan fingerprint density at radius 1 is 0.977 bits per heavy atom. The second-order valence-electron chi connectivity index (χ2n) is 11.2. The van der Waals surface area contributed by atoms with Crippen molar-refractivity contribution in [3.05, 3.63) is 59.7 Å². The molecule has 0 radical (unpaired) electrons. The Hall–Kier alpha value is -4.42. The maximum absolute atomic E-state index is 13.2. The molecule has 10 nitrogen and oxygen atoms in total. The highest BCUT2D eigenvalue weighted by molar-refractivity contribution is 5.96. The largest absolute Gasteiger partial charge is 0.481 e. The second kappa shape index (κ2) is 13.5. The summed E-state index contributed by atoms with van der Waals surface area (Å²) in [6, 6.07) is 11.7. The number of benzene rings is 2. The monoisotopic (exact) mass is 617 g/mol. The van der Waals surface area contributed by atoms with Gasteiger partial charge in [0.05, 0.1) is 12.0 Å². The molecule has 236 valence electrons. The summed E-state index contributed by atoms with van der Waals surface area (Å²) in [7, 11) is 0. The van der Waals surface area contributed by atoms with Crippen LogP contribution in [0, 0.1) is 5.92 Å². The fourth-order valence-corrected chi connectivity index (χ4v) is 5.87. The molecule has 0 aromatic heterocycles. The Bertz CT molecular complexity index is 1380. The van der Waals surface area contributed by atoms with E-state index in [1.54, 1.807) is 6.92 Å². The standard InChI is InChI=1S/C31H34F3N3O7/c1-17(28(40)41)14-18(2)35-27(39)24(15-26(38)25-12-7-13-37(25)29(42)31(32,33)34)36-30(43)44-16-23-21-10-5-3-8-19(21)20-9-4-6-11-22(20)23/h3-6,8-11,17-18,23-25H,7,12-16H2,1-2H3,(H,35,39)(H,36,43)(H,40,41)/t17-,18+,24-,25-/m0/s1. The van der Waals surface area contributed by atoms with Gasteiger partial charge in [0, 0.05) is 24.9 Å². The molecular formula is C31H34F3N3O7. The molecule has 0 unspecified atom stereocenters. The lowest BCUT2D eigenvalue weighted by atomic mass is 9.98. The quantitative estimate of drug-likeness (QED) is 0.346. The number of carbonyl (C=O) groups is 5. The van der Waals surface area contributed by atoms with E-state index in [1.807, 2.05) is 48.5 Å². The summed E-state index contributed by atoms with van der Waals surface area (Å²) < 4.78 is 44.9. The molecule has 1 heterocycles. The number of hydrogen-bond acceptors (Lipinski definition) is 6. The Morgan fingerprint density at radius 3 is 2.14 bits per heavy atom. The highest BCUT2D eigenvalue weighted by Crippen LogP contribution is 2.44. The maximum atomic E-state index is 13.2. The normalized spacial score (nSPS) is 18.0. The van der Waals surface area contributed by atoms with Crippen LogP contribution >= 0.6 is 0 Å². The van der Waals surface area contributed by atoms with Crippen molar-refractivity contribution in [2.75, 3.05) is 13.2 Å². The molecule has 0 saturated carbocycles. The van der Waals surface area contributed by atoms with Gasteiger partial charge in [0.15, 0.2) is 5.78 Å². The number of ketones is 1. The number of amides is 3. The summed E-state index contributed by atoms with van der Waals surface area (Å²) in [4.78, 5) is 62.9. The van der Waals surface area contributed by atoms with E-state index in [1.165, 1.54) is 6.92 Å². The fourth-order valence-electron chi connectivity index (χ4n) is 5.87. The zero-order valence-corrected chi connectivity index (χ0v) is 24.2. The van der Waals surface area contributed by atoms with E-state index >= 15 is 0 Å². The number of ether oxygens (including phenoxy) is 1. The molecule has 0 bridgehead atoms. The van der Waals surface area contributed by atoms with Crippen LogP contribution in [0.25, 0.3) is 11.1 Å². The van der Waals surface area contributed by atoms with E-state index < -0.39 is 66.3 Å². The number of rotatable bonds is 11. The van der Waals surface area contributed by atoms with Gasteiger partial charge in [0.2, 0.25) is 5.91 Å². The van der Waals surface area contributed by atoms with Gasteiger partial charge in [-0.1, -0.05) is 55.5 Å². The molecule has 3 N–H and O–H groups in total. The Labute approximate surface area is 251 Å². The first-order valence-electron chi connectivity index (χ1n) is 14.3. The minimum atomic E-state index is -5.17. The van der Waals surface area contributed by atoms with Gasteiger partial charge in [0.1, 0.15) is 12.6 Å². The zero-order valence-electron chi connectivity index (χ0n) is 24.2. The van der Waals surface area contributed by atoms with Crippen LogP contribution in [0.2, 0.25) is 0 Å². The molecular weight excluding hydrogens is 583 g/mol. The first-order valence-corrected chi connectivity index (χ1v) is 14.3. The predicted molar refractivity (Wildman–Crippen MR) is 151 cm³/mol. The van der Waals surface area contributed by atoms with Gasteiger partial charge < -0.3 is 25.4 Å². The van der Waals surface area contributed by atoms with Gasteiger partial charge in [-0.15, -0.1) is 0 Å². The summed E-state index contributed by atoms with van der Waals surface area (Å²) in [6.45, 7) is 2.64. The molecule has 2 aliphatic rings. The van der Waals surface area contributed by atoms with E-state index in [0.717, 1.165) is 22.3 Å². The maximum Gasteiger partial charge on any atom is 0.471 e. The lowest BCUT2D eigenvalue weighted by Gasteiger charge is -2.27. The number of carboxylic acids is 1. The molecule has 1 aliphatic carbocycles. The molecule has 1 aliphatic heterocycles. The molecule has 1 saturated heterocycles. The molecule has 2 aromatic carbocycles. The lowest BCUT2D eigenvalue weighted by Crippen LogP contribution is -2.53. The number of likely N-dealkylation sites (tertiary alicyclic amines) is 1. The third-order valence-corrected chi connectivity index (χ3v) is 8.00. The minimum Gasteiger partial charge on any atom is -0.481 e. The molecule has 2 aromatic rings. The average molecular weight is 618 g/mol. The van der Waals surface area contributed by atoms with Gasteiger partial charge in [-0.25, -0.2) is 4.79 Å². The van der Waals surface area contributed by atoms with Crippen LogP contribution in [-0.4, -0.2) is 77.1 Å². The van der Waals surface area contributed by atoms with Crippen molar-refractivity contribution in [1.29, 1.82) is 0 Å². The van der Waals surface area contributed by atoms with E-state index in [9.17, 15) is 42.3 Å². The summed E-state index contributed by atoms with van der Waals surface area (Å²) in [6.07, 6.45) is -6.71. The van der Waals surface area contributed by atoms with Gasteiger partial charge in [-0.05, 0) is 48.4 Å². The second-order valence-corrected chi connectivity index (χ2v) is 11.2. The summed E-state index contributed by atoms with van der Waals surface area (Å²) in [5.74, 6) is -5.99. The van der Waals surface area contributed by atoms with Crippen molar-refractivity contribution in [3.8, 4) is 11.1 Å². The van der Waals surface area contributed by atoms with Gasteiger partial charge >= 0.3 is 24.1 Å². The first kappa shape index (κ1) is 32.5. The number of Topliss-reactive ketones (excluding diaryl/α,β-unsaturated/α-hetero) is 1.